The molecule has 0 aliphatic rings. The van der Waals surface area contributed by atoms with Crippen molar-refractivity contribution in [2.24, 2.45) is 0 Å². The van der Waals surface area contributed by atoms with Crippen molar-refractivity contribution < 1.29 is 17.8 Å². The standard InChI is InChI=1S/C13H8Br2O4S/c14-9-3-6-12(15)11(7-9)13(16)8-1-4-10(5-2-8)20(17,18)19/h1-7H,(H,17,18,19). The Morgan fingerprint density at radius 1 is 1.00 bits per heavy atom. The maximum absolute atomic E-state index is 12.3. The molecule has 0 aliphatic heterocycles. The molecule has 2 aromatic rings. The summed E-state index contributed by atoms with van der Waals surface area (Å²) < 4.78 is 32.2. The van der Waals surface area contributed by atoms with E-state index in [-0.39, 0.29) is 10.7 Å². The lowest BCUT2D eigenvalue weighted by Gasteiger charge is -2.05. The van der Waals surface area contributed by atoms with E-state index in [1.54, 1.807) is 18.2 Å². The van der Waals surface area contributed by atoms with Gasteiger partial charge in [-0.1, -0.05) is 31.9 Å². The van der Waals surface area contributed by atoms with Crippen LogP contribution in [0.3, 0.4) is 0 Å². The first-order valence-electron chi connectivity index (χ1n) is 5.36. The zero-order valence-corrected chi connectivity index (χ0v) is 13.9. The maximum Gasteiger partial charge on any atom is 0.294 e. The molecule has 0 saturated carbocycles. The second-order valence-electron chi connectivity index (χ2n) is 3.95. The van der Waals surface area contributed by atoms with Gasteiger partial charge in [0.25, 0.3) is 10.1 Å². The third kappa shape index (κ3) is 3.35. The fourth-order valence-corrected chi connectivity index (χ4v) is 2.87. The van der Waals surface area contributed by atoms with E-state index in [1.165, 1.54) is 24.3 Å². The molecule has 0 saturated heterocycles. The van der Waals surface area contributed by atoms with Crippen molar-refractivity contribution in [3.63, 3.8) is 0 Å². The number of benzene rings is 2. The van der Waals surface area contributed by atoms with Gasteiger partial charge in [0.15, 0.2) is 5.78 Å². The zero-order valence-electron chi connectivity index (χ0n) is 9.88. The van der Waals surface area contributed by atoms with Gasteiger partial charge in [-0.05, 0) is 42.5 Å². The summed E-state index contributed by atoms with van der Waals surface area (Å²) in [7, 11) is -4.25. The minimum absolute atomic E-state index is 0.248. The highest BCUT2D eigenvalue weighted by molar-refractivity contribution is 9.11. The molecule has 0 fully saturated rings. The predicted molar refractivity (Wildman–Crippen MR) is 81.5 cm³/mol. The Labute approximate surface area is 132 Å². The Balaban J connectivity index is 2.42. The molecule has 1 N–H and O–H groups in total. The van der Waals surface area contributed by atoms with Crippen LogP contribution in [0.25, 0.3) is 0 Å². The predicted octanol–water partition coefficient (Wildman–Crippen LogP) is 3.69. The summed E-state index contributed by atoms with van der Waals surface area (Å²) in [6.45, 7) is 0. The summed E-state index contributed by atoms with van der Waals surface area (Å²) in [6, 6.07) is 10.3. The summed E-state index contributed by atoms with van der Waals surface area (Å²) in [4.78, 5) is 12.1. The van der Waals surface area contributed by atoms with Crippen LogP contribution in [-0.4, -0.2) is 18.8 Å². The van der Waals surface area contributed by atoms with E-state index in [0.29, 0.717) is 15.6 Å². The van der Waals surface area contributed by atoms with Crippen molar-refractivity contribution in [3.8, 4) is 0 Å². The van der Waals surface area contributed by atoms with Crippen LogP contribution in [0.15, 0.2) is 56.3 Å². The van der Waals surface area contributed by atoms with Crippen LogP contribution < -0.4 is 0 Å². The Morgan fingerprint density at radius 3 is 2.15 bits per heavy atom. The van der Waals surface area contributed by atoms with Gasteiger partial charge in [0, 0.05) is 20.1 Å². The van der Waals surface area contributed by atoms with Crippen molar-refractivity contribution in [2.45, 2.75) is 4.90 Å². The molecule has 0 aliphatic carbocycles. The van der Waals surface area contributed by atoms with Gasteiger partial charge in [0.1, 0.15) is 0 Å². The molecule has 0 amide bonds. The van der Waals surface area contributed by atoms with Crippen molar-refractivity contribution in [1.29, 1.82) is 0 Å². The van der Waals surface area contributed by atoms with Gasteiger partial charge in [0.05, 0.1) is 4.90 Å². The molecule has 0 aromatic heterocycles. The number of hydrogen-bond donors (Lipinski definition) is 1. The van der Waals surface area contributed by atoms with Crippen LogP contribution in [0.5, 0.6) is 0 Å². The molecule has 4 nitrogen and oxygen atoms in total. The molecule has 104 valence electrons. The van der Waals surface area contributed by atoms with Gasteiger partial charge in [-0.2, -0.15) is 8.42 Å². The molecule has 0 atom stereocenters. The summed E-state index contributed by atoms with van der Waals surface area (Å²) in [5, 5.41) is 0. The molecular formula is C13H8Br2O4S. The van der Waals surface area contributed by atoms with Crippen molar-refractivity contribution >= 4 is 47.8 Å². The highest BCUT2D eigenvalue weighted by atomic mass is 79.9. The molecule has 2 aromatic carbocycles. The fraction of sp³-hybridized carbons (Fsp3) is 0. The normalized spacial score (nSPS) is 11.3. The molecule has 7 heteroatoms. The molecule has 0 unspecified atom stereocenters. The molecule has 2 rings (SSSR count). The summed E-state index contributed by atoms with van der Waals surface area (Å²) in [5.74, 6) is -0.250. The molecule has 0 radical (unpaired) electrons. The maximum atomic E-state index is 12.3. The third-order valence-electron chi connectivity index (χ3n) is 2.59. The Hall–Kier alpha value is -1.02. The highest BCUT2D eigenvalue weighted by Crippen LogP contribution is 2.24. The summed E-state index contributed by atoms with van der Waals surface area (Å²) in [5.41, 5.74) is 0.787. The van der Waals surface area contributed by atoms with E-state index in [0.717, 1.165) is 4.47 Å². The lowest BCUT2D eigenvalue weighted by Crippen LogP contribution is -2.04. The second kappa shape index (κ2) is 5.77. The Bertz CT molecular complexity index is 767. The minimum atomic E-state index is -4.25. The lowest BCUT2D eigenvalue weighted by molar-refractivity contribution is 0.103. The quantitative estimate of drug-likeness (QED) is 0.608. The van der Waals surface area contributed by atoms with Crippen molar-refractivity contribution in [1.82, 2.24) is 0 Å². The number of rotatable bonds is 3. The van der Waals surface area contributed by atoms with E-state index in [1.807, 2.05) is 0 Å². The SMILES string of the molecule is O=C(c1ccc(S(=O)(=O)O)cc1)c1cc(Br)ccc1Br. The monoisotopic (exact) mass is 418 g/mol. The third-order valence-corrected chi connectivity index (χ3v) is 4.64. The molecule has 0 spiro atoms. The summed E-state index contributed by atoms with van der Waals surface area (Å²) in [6.07, 6.45) is 0. The smallest absolute Gasteiger partial charge is 0.289 e. The first-order valence-corrected chi connectivity index (χ1v) is 8.39. The van der Waals surface area contributed by atoms with E-state index >= 15 is 0 Å². The van der Waals surface area contributed by atoms with Crippen LogP contribution in [0.2, 0.25) is 0 Å². The van der Waals surface area contributed by atoms with Crippen LogP contribution >= 0.6 is 31.9 Å². The Kier molecular flexibility index (Phi) is 4.43. The molecule has 20 heavy (non-hydrogen) atoms. The zero-order chi connectivity index (χ0) is 14.9. The second-order valence-corrected chi connectivity index (χ2v) is 7.14. The molecular weight excluding hydrogens is 412 g/mol. The van der Waals surface area contributed by atoms with E-state index in [9.17, 15) is 13.2 Å². The first kappa shape index (κ1) is 15.4. The first-order chi connectivity index (χ1) is 9.29. The van der Waals surface area contributed by atoms with Gasteiger partial charge >= 0.3 is 0 Å². The number of ketones is 1. The number of hydrogen-bond acceptors (Lipinski definition) is 3. The summed E-state index contributed by atoms with van der Waals surface area (Å²) >= 11 is 6.59. The largest absolute Gasteiger partial charge is 0.294 e. The van der Waals surface area contributed by atoms with E-state index in [4.69, 9.17) is 4.55 Å². The van der Waals surface area contributed by atoms with E-state index < -0.39 is 10.1 Å². The highest BCUT2D eigenvalue weighted by Gasteiger charge is 2.15. The van der Waals surface area contributed by atoms with Gasteiger partial charge < -0.3 is 0 Å². The number of carbonyl (C=O) groups excluding carboxylic acids is 1. The van der Waals surface area contributed by atoms with Gasteiger partial charge in [-0.3, -0.25) is 9.35 Å². The van der Waals surface area contributed by atoms with Crippen LogP contribution in [0.1, 0.15) is 15.9 Å². The average Bonchev–Trinajstić information content (AvgIpc) is 2.40. The van der Waals surface area contributed by atoms with Gasteiger partial charge in [-0.25, -0.2) is 0 Å². The van der Waals surface area contributed by atoms with Crippen LogP contribution in [-0.2, 0) is 10.1 Å². The number of halogens is 2. The van der Waals surface area contributed by atoms with Crippen molar-refractivity contribution in [3.05, 3.63) is 62.5 Å². The van der Waals surface area contributed by atoms with Crippen LogP contribution in [0.4, 0.5) is 0 Å². The molecule has 0 heterocycles. The van der Waals surface area contributed by atoms with Crippen molar-refractivity contribution in [2.75, 3.05) is 0 Å². The fourth-order valence-electron chi connectivity index (χ4n) is 1.61. The Morgan fingerprint density at radius 2 is 1.60 bits per heavy atom. The van der Waals surface area contributed by atoms with Gasteiger partial charge in [0.2, 0.25) is 0 Å². The number of carbonyl (C=O) groups is 1. The topological polar surface area (TPSA) is 71.4 Å². The minimum Gasteiger partial charge on any atom is -0.289 e. The van der Waals surface area contributed by atoms with Crippen LogP contribution in [0, 0.1) is 0 Å². The lowest BCUT2D eigenvalue weighted by atomic mass is 10.0. The average molecular weight is 420 g/mol. The molecule has 0 bridgehead atoms. The van der Waals surface area contributed by atoms with E-state index in [2.05, 4.69) is 31.9 Å². The van der Waals surface area contributed by atoms with Gasteiger partial charge in [-0.15, -0.1) is 0 Å².